The minimum Gasteiger partial charge on any atom is -0.503 e. The lowest BCUT2D eigenvalue weighted by molar-refractivity contribution is -0.144. The van der Waals surface area contributed by atoms with Gasteiger partial charge >= 0.3 is 0 Å². The maximum Gasteiger partial charge on any atom is 0.290 e. The highest BCUT2D eigenvalue weighted by Crippen LogP contribution is 2.40. The van der Waals surface area contributed by atoms with Crippen LogP contribution in [0.1, 0.15) is 51.3 Å². The van der Waals surface area contributed by atoms with Gasteiger partial charge in [0.2, 0.25) is 0 Å². The van der Waals surface area contributed by atoms with Crippen LogP contribution in [0, 0.1) is 0 Å². The fraction of sp³-hybridized carbons (Fsp3) is 0.381. The summed E-state index contributed by atoms with van der Waals surface area (Å²) in [7, 11) is 0. The van der Waals surface area contributed by atoms with Gasteiger partial charge in [-0.25, -0.2) is 5.48 Å². The summed E-state index contributed by atoms with van der Waals surface area (Å²) in [6.07, 6.45) is 2.34. The van der Waals surface area contributed by atoms with Gasteiger partial charge in [-0.1, -0.05) is 51.0 Å². The fourth-order valence-corrected chi connectivity index (χ4v) is 3.78. The molecule has 2 amide bonds. The number of pyridine rings is 1. The largest absolute Gasteiger partial charge is 0.503 e. The molecular weight excluding hydrogens is 358 g/mol. The molecule has 28 heavy (non-hydrogen) atoms. The Labute approximate surface area is 163 Å². The van der Waals surface area contributed by atoms with Crippen LogP contribution >= 0.6 is 0 Å². The molecule has 0 saturated carbocycles. The number of hydrogen-bond acceptors (Lipinski definition) is 5. The third kappa shape index (κ3) is 3.45. The van der Waals surface area contributed by atoms with Crippen molar-refractivity contribution in [3.63, 3.8) is 0 Å². The number of fused-ring (bicyclic) bond motifs is 1. The van der Waals surface area contributed by atoms with Gasteiger partial charge in [-0.2, -0.15) is 0 Å². The number of rotatable bonds is 7. The number of nitrogens with one attached hydrogen (secondary N) is 1. The van der Waals surface area contributed by atoms with Gasteiger partial charge in [0, 0.05) is 11.0 Å². The third-order valence-corrected chi connectivity index (χ3v) is 5.21. The molecule has 1 aliphatic rings. The van der Waals surface area contributed by atoms with Crippen LogP contribution in [0.15, 0.2) is 47.7 Å². The van der Waals surface area contributed by atoms with Crippen molar-refractivity contribution in [3.8, 4) is 0 Å². The van der Waals surface area contributed by atoms with Gasteiger partial charge in [0.05, 0.1) is 11.2 Å². The second-order valence-electron chi connectivity index (χ2n) is 6.91. The maximum absolute atomic E-state index is 12.9. The molecule has 3 rings (SSSR count). The summed E-state index contributed by atoms with van der Waals surface area (Å²) in [6.45, 7) is 3.83. The molecule has 0 spiro atoms. The lowest BCUT2D eigenvalue weighted by Gasteiger charge is -2.32. The van der Waals surface area contributed by atoms with Crippen molar-refractivity contribution < 1.29 is 19.9 Å². The van der Waals surface area contributed by atoms with Gasteiger partial charge in [-0.05, 0) is 25.0 Å². The van der Waals surface area contributed by atoms with E-state index in [1.54, 1.807) is 5.48 Å². The zero-order valence-electron chi connectivity index (χ0n) is 16.1. The smallest absolute Gasteiger partial charge is 0.290 e. The van der Waals surface area contributed by atoms with E-state index in [2.05, 4.69) is 4.98 Å². The van der Waals surface area contributed by atoms with Crippen LogP contribution in [0.4, 0.5) is 0 Å². The van der Waals surface area contributed by atoms with Crippen molar-refractivity contribution in [1.82, 2.24) is 15.4 Å². The van der Waals surface area contributed by atoms with E-state index in [0.29, 0.717) is 30.5 Å². The molecule has 7 heteroatoms. The van der Waals surface area contributed by atoms with E-state index in [0.717, 1.165) is 17.3 Å². The Bertz CT molecular complexity index is 925. The molecule has 2 aromatic rings. The molecule has 1 aromatic heterocycles. The Morgan fingerprint density at radius 1 is 1.25 bits per heavy atom. The predicted octanol–water partition coefficient (Wildman–Crippen LogP) is 3.40. The van der Waals surface area contributed by atoms with Crippen molar-refractivity contribution >= 4 is 22.7 Å². The highest BCUT2D eigenvalue weighted by Gasteiger charge is 2.45. The molecule has 1 aliphatic heterocycles. The van der Waals surface area contributed by atoms with E-state index in [4.69, 9.17) is 0 Å². The number of carbonyl (C=O) groups is 2. The predicted molar refractivity (Wildman–Crippen MR) is 105 cm³/mol. The minimum atomic E-state index is -0.901. The van der Waals surface area contributed by atoms with Gasteiger partial charge in [0.25, 0.3) is 11.8 Å². The third-order valence-electron chi connectivity index (χ3n) is 5.21. The SMILES string of the molecule is CCCCC(C(=O)NO)N1C(=O)C(O)=C(CC)C1c1ccc2ccccc2n1. The second-order valence-corrected chi connectivity index (χ2v) is 6.91. The number of aliphatic hydroxyl groups excluding tert-OH is 1. The zero-order chi connectivity index (χ0) is 20.3. The number of amides is 2. The summed E-state index contributed by atoms with van der Waals surface area (Å²) in [5, 5.41) is 20.6. The van der Waals surface area contributed by atoms with Gasteiger partial charge in [-0.15, -0.1) is 0 Å². The van der Waals surface area contributed by atoms with Crippen LogP contribution in [-0.4, -0.2) is 38.1 Å². The molecule has 0 bridgehead atoms. The van der Waals surface area contributed by atoms with Gasteiger partial charge in [0.15, 0.2) is 5.76 Å². The molecule has 0 radical (unpaired) electrons. The van der Waals surface area contributed by atoms with E-state index in [1.165, 1.54) is 4.90 Å². The second kappa shape index (κ2) is 8.39. The average molecular weight is 383 g/mol. The number of hydroxylamine groups is 1. The first kappa shape index (κ1) is 19.8. The van der Waals surface area contributed by atoms with Crippen LogP contribution in [-0.2, 0) is 9.59 Å². The van der Waals surface area contributed by atoms with Gasteiger partial charge < -0.3 is 10.0 Å². The number of aliphatic hydroxyl groups is 1. The molecule has 3 N–H and O–H groups in total. The average Bonchev–Trinajstić information content (AvgIpc) is 2.98. The van der Waals surface area contributed by atoms with Crippen LogP contribution in [0.5, 0.6) is 0 Å². The van der Waals surface area contributed by atoms with Crippen molar-refractivity contribution in [2.24, 2.45) is 0 Å². The summed E-state index contributed by atoms with van der Waals surface area (Å²) < 4.78 is 0. The molecule has 2 unspecified atom stereocenters. The maximum atomic E-state index is 12.9. The summed E-state index contributed by atoms with van der Waals surface area (Å²) in [6, 6.07) is 9.80. The molecule has 1 aromatic carbocycles. The molecular formula is C21H25N3O4. The Hall–Kier alpha value is -2.93. The number of hydrogen-bond donors (Lipinski definition) is 3. The van der Waals surface area contributed by atoms with E-state index < -0.39 is 23.9 Å². The summed E-state index contributed by atoms with van der Waals surface area (Å²) in [5.41, 5.74) is 3.55. The van der Waals surface area contributed by atoms with E-state index in [1.807, 2.05) is 50.2 Å². The first-order valence-electron chi connectivity index (χ1n) is 9.57. The summed E-state index contributed by atoms with van der Waals surface area (Å²) in [4.78, 5) is 31.3. The number of nitrogens with zero attached hydrogens (tertiary/aromatic N) is 2. The van der Waals surface area contributed by atoms with Crippen LogP contribution in [0.2, 0.25) is 0 Å². The lowest BCUT2D eigenvalue weighted by Crippen LogP contribution is -2.48. The van der Waals surface area contributed by atoms with Crippen molar-refractivity contribution in [3.05, 3.63) is 53.4 Å². The first-order valence-corrected chi connectivity index (χ1v) is 9.57. The highest BCUT2D eigenvalue weighted by molar-refractivity contribution is 5.99. The fourth-order valence-electron chi connectivity index (χ4n) is 3.78. The van der Waals surface area contributed by atoms with Crippen LogP contribution in [0.25, 0.3) is 10.9 Å². The Morgan fingerprint density at radius 3 is 2.68 bits per heavy atom. The lowest BCUT2D eigenvalue weighted by atomic mass is 9.98. The quantitative estimate of drug-likeness (QED) is 0.502. The molecule has 0 saturated heterocycles. The molecule has 148 valence electrons. The van der Waals surface area contributed by atoms with Crippen molar-refractivity contribution in [2.75, 3.05) is 0 Å². The molecule has 2 atom stereocenters. The molecule has 2 heterocycles. The topological polar surface area (TPSA) is 103 Å². The van der Waals surface area contributed by atoms with Crippen molar-refractivity contribution in [2.45, 2.75) is 51.6 Å². The number of unbranched alkanes of at least 4 members (excludes halogenated alkanes) is 1. The zero-order valence-corrected chi connectivity index (χ0v) is 16.1. The Morgan fingerprint density at radius 2 is 2.00 bits per heavy atom. The highest BCUT2D eigenvalue weighted by atomic mass is 16.5. The Kier molecular flexibility index (Phi) is 5.94. The van der Waals surface area contributed by atoms with E-state index in [-0.39, 0.29) is 5.76 Å². The van der Waals surface area contributed by atoms with E-state index in [9.17, 15) is 19.9 Å². The summed E-state index contributed by atoms with van der Waals surface area (Å²) >= 11 is 0. The van der Waals surface area contributed by atoms with Crippen LogP contribution in [0.3, 0.4) is 0 Å². The van der Waals surface area contributed by atoms with Gasteiger partial charge in [0.1, 0.15) is 12.1 Å². The standard InChI is InChI=1S/C21H25N3O4/c1-3-5-10-17(20(26)23-28)24-18(14(4-2)19(25)21(24)27)16-12-11-13-8-6-7-9-15(13)22-16/h6-9,11-12,17-18,25,28H,3-5,10H2,1-2H3,(H,23,26). The number of para-hydroxylation sites is 1. The Balaban J connectivity index is 2.11. The normalized spacial score (nSPS) is 18.0. The van der Waals surface area contributed by atoms with Gasteiger partial charge in [-0.3, -0.25) is 19.8 Å². The minimum absolute atomic E-state index is 0.338. The number of aromatic nitrogens is 1. The molecule has 0 aliphatic carbocycles. The number of benzene rings is 1. The molecule has 7 nitrogen and oxygen atoms in total. The van der Waals surface area contributed by atoms with Crippen LogP contribution < -0.4 is 5.48 Å². The molecule has 0 fully saturated rings. The number of carbonyl (C=O) groups excluding carboxylic acids is 2. The monoisotopic (exact) mass is 383 g/mol. The first-order chi connectivity index (χ1) is 13.5. The van der Waals surface area contributed by atoms with E-state index >= 15 is 0 Å². The summed E-state index contributed by atoms with van der Waals surface area (Å²) in [5.74, 6) is -1.62. The van der Waals surface area contributed by atoms with Crippen molar-refractivity contribution in [1.29, 1.82) is 0 Å².